The van der Waals surface area contributed by atoms with Crippen molar-refractivity contribution >= 4 is 0 Å². The van der Waals surface area contributed by atoms with E-state index in [9.17, 15) is 0 Å². The molecule has 16 heavy (non-hydrogen) atoms. The van der Waals surface area contributed by atoms with Gasteiger partial charge in [-0.25, -0.2) is 0 Å². The predicted octanol–water partition coefficient (Wildman–Crippen LogP) is 3.35. The van der Waals surface area contributed by atoms with Crippen molar-refractivity contribution in [3.8, 4) is 5.75 Å². The lowest BCUT2D eigenvalue weighted by Gasteiger charge is -2.10. The number of methoxy groups -OCH3 is 1. The Hall–Kier alpha value is -1.28. The zero-order valence-corrected chi connectivity index (χ0v) is 9.90. The summed E-state index contributed by atoms with van der Waals surface area (Å²) in [7, 11) is 1.68. The molecule has 1 heterocycles. The van der Waals surface area contributed by atoms with Crippen LogP contribution in [-0.4, -0.2) is 13.7 Å². The minimum atomic E-state index is 0.215. The van der Waals surface area contributed by atoms with Crippen LogP contribution in [0.4, 0.5) is 0 Å². The fourth-order valence-corrected chi connectivity index (χ4v) is 2.02. The summed E-state index contributed by atoms with van der Waals surface area (Å²) in [5, 5.41) is 0. The molecule has 2 nitrogen and oxygen atoms in total. The second-order valence-electron chi connectivity index (χ2n) is 4.37. The summed E-state index contributed by atoms with van der Waals surface area (Å²) in [5.74, 6) is 1.39. The highest BCUT2D eigenvalue weighted by atomic mass is 16.5. The van der Waals surface area contributed by atoms with Crippen LogP contribution in [-0.2, 0) is 4.74 Å². The van der Waals surface area contributed by atoms with E-state index >= 15 is 0 Å². The molecule has 0 bridgehead atoms. The van der Waals surface area contributed by atoms with Gasteiger partial charge in [-0.15, -0.1) is 0 Å². The summed E-state index contributed by atoms with van der Waals surface area (Å²) in [6.07, 6.45) is 1.26. The van der Waals surface area contributed by atoms with Gasteiger partial charge in [0.2, 0.25) is 0 Å². The lowest BCUT2D eigenvalue weighted by atomic mass is 9.96. The number of ether oxygens (including phenoxy) is 2. The lowest BCUT2D eigenvalue weighted by Crippen LogP contribution is -1.98. The number of hydrogen-bond acceptors (Lipinski definition) is 2. The van der Waals surface area contributed by atoms with Crippen LogP contribution in [0.15, 0.2) is 36.4 Å². The van der Waals surface area contributed by atoms with Crippen molar-refractivity contribution in [2.24, 2.45) is 5.92 Å². The van der Waals surface area contributed by atoms with Gasteiger partial charge >= 0.3 is 0 Å². The Labute approximate surface area is 96.9 Å². The molecule has 1 aromatic rings. The van der Waals surface area contributed by atoms with Crippen molar-refractivity contribution in [1.82, 2.24) is 0 Å². The average molecular weight is 218 g/mol. The smallest absolute Gasteiger partial charge is 0.118 e. The number of hydrogen-bond donors (Lipinski definition) is 0. The van der Waals surface area contributed by atoms with Crippen molar-refractivity contribution in [3.63, 3.8) is 0 Å². The van der Waals surface area contributed by atoms with E-state index in [2.05, 4.69) is 25.6 Å². The van der Waals surface area contributed by atoms with Gasteiger partial charge in [0, 0.05) is 5.92 Å². The van der Waals surface area contributed by atoms with E-state index in [1.54, 1.807) is 7.11 Å². The Morgan fingerprint density at radius 1 is 1.38 bits per heavy atom. The molecule has 0 saturated carbocycles. The van der Waals surface area contributed by atoms with Gasteiger partial charge < -0.3 is 9.47 Å². The molecule has 2 rings (SSSR count). The van der Waals surface area contributed by atoms with Crippen LogP contribution in [0.2, 0.25) is 0 Å². The second kappa shape index (κ2) is 4.71. The number of benzene rings is 1. The van der Waals surface area contributed by atoms with Gasteiger partial charge in [-0.1, -0.05) is 24.3 Å². The van der Waals surface area contributed by atoms with Gasteiger partial charge in [0.25, 0.3) is 0 Å². The van der Waals surface area contributed by atoms with Crippen LogP contribution in [0, 0.1) is 5.92 Å². The first-order valence-electron chi connectivity index (χ1n) is 5.61. The van der Waals surface area contributed by atoms with E-state index in [4.69, 9.17) is 9.47 Å². The quantitative estimate of drug-likeness (QED) is 0.724. The van der Waals surface area contributed by atoms with Crippen molar-refractivity contribution in [2.45, 2.75) is 19.4 Å². The van der Waals surface area contributed by atoms with Crippen molar-refractivity contribution < 1.29 is 9.47 Å². The Bertz CT molecular complexity index is 367. The van der Waals surface area contributed by atoms with Crippen LogP contribution in [0.1, 0.15) is 25.0 Å². The fraction of sp³-hybridized carbons (Fsp3) is 0.429. The summed E-state index contributed by atoms with van der Waals surface area (Å²) >= 11 is 0. The molecule has 2 atom stereocenters. The largest absolute Gasteiger partial charge is 0.497 e. The zero-order chi connectivity index (χ0) is 11.5. The first kappa shape index (κ1) is 11.2. The summed E-state index contributed by atoms with van der Waals surface area (Å²) in [4.78, 5) is 0. The highest BCUT2D eigenvalue weighted by Gasteiger charge is 2.26. The van der Waals surface area contributed by atoms with E-state index in [0.717, 1.165) is 18.8 Å². The van der Waals surface area contributed by atoms with Crippen molar-refractivity contribution in [2.75, 3.05) is 13.7 Å². The molecule has 1 aliphatic rings. The lowest BCUT2D eigenvalue weighted by molar-refractivity contribution is 0.109. The summed E-state index contributed by atoms with van der Waals surface area (Å²) < 4.78 is 10.9. The molecule has 86 valence electrons. The summed E-state index contributed by atoms with van der Waals surface area (Å²) in [5.41, 5.74) is 2.44. The third-order valence-corrected chi connectivity index (χ3v) is 3.18. The van der Waals surface area contributed by atoms with Gasteiger partial charge in [-0.3, -0.25) is 0 Å². The molecule has 0 spiro atoms. The normalized spacial score (nSPS) is 24.4. The Kier molecular flexibility index (Phi) is 3.30. The SMILES string of the molecule is C=C(C)C1COC(c2ccc(OC)cc2)C1. The molecule has 2 heteroatoms. The highest BCUT2D eigenvalue weighted by molar-refractivity contribution is 5.29. The molecular weight excluding hydrogens is 200 g/mol. The summed E-state index contributed by atoms with van der Waals surface area (Å²) in [6, 6.07) is 8.11. The van der Waals surface area contributed by atoms with Gasteiger partial charge in [0.1, 0.15) is 5.75 Å². The van der Waals surface area contributed by atoms with Crippen LogP contribution in [0.3, 0.4) is 0 Å². The zero-order valence-electron chi connectivity index (χ0n) is 9.90. The van der Waals surface area contributed by atoms with Crippen LogP contribution in [0.25, 0.3) is 0 Å². The maximum absolute atomic E-state index is 5.78. The van der Waals surface area contributed by atoms with Gasteiger partial charge in [-0.2, -0.15) is 0 Å². The van der Waals surface area contributed by atoms with Gasteiger partial charge in [0.15, 0.2) is 0 Å². The van der Waals surface area contributed by atoms with Gasteiger partial charge in [0.05, 0.1) is 19.8 Å². The molecule has 1 aromatic carbocycles. The van der Waals surface area contributed by atoms with E-state index in [-0.39, 0.29) is 6.10 Å². The third kappa shape index (κ3) is 2.27. The molecule has 1 fully saturated rings. The predicted molar refractivity (Wildman–Crippen MR) is 64.6 cm³/mol. The first-order valence-corrected chi connectivity index (χ1v) is 5.61. The molecule has 0 N–H and O–H groups in total. The van der Waals surface area contributed by atoms with E-state index in [0.29, 0.717) is 5.92 Å². The van der Waals surface area contributed by atoms with E-state index < -0.39 is 0 Å². The maximum Gasteiger partial charge on any atom is 0.118 e. The minimum absolute atomic E-state index is 0.215. The van der Waals surface area contributed by atoms with Crippen LogP contribution in [0.5, 0.6) is 5.75 Å². The van der Waals surface area contributed by atoms with Crippen LogP contribution < -0.4 is 4.74 Å². The topological polar surface area (TPSA) is 18.5 Å². The molecule has 2 unspecified atom stereocenters. The van der Waals surface area contributed by atoms with Crippen LogP contribution >= 0.6 is 0 Å². The van der Waals surface area contributed by atoms with E-state index in [1.165, 1.54) is 11.1 Å². The Morgan fingerprint density at radius 2 is 2.06 bits per heavy atom. The average Bonchev–Trinajstić information content (AvgIpc) is 2.78. The monoisotopic (exact) mass is 218 g/mol. The Balaban J connectivity index is 2.05. The molecule has 0 aliphatic carbocycles. The maximum atomic E-state index is 5.78. The second-order valence-corrected chi connectivity index (χ2v) is 4.37. The summed E-state index contributed by atoms with van der Waals surface area (Å²) in [6.45, 7) is 6.86. The Morgan fingerprint density at radius 3 is 2.56 bits per heavy atom. The van der Waals surface area contributed by atoms with Gasteiger partial charge in [-0.05, 0) is 31.0 Å². The van der Waals surface area contributed by atoms with Crippen molar-refractivity contribution in [3.05, 3.63) is 42.0 Å². The molecule has 0 amide bonds. The molecule has 1 aliphatic heterocycles. The first-order chi connectivity index (χ1) is 7.70. The molecule has 0 aromatic heterocycles. The number of rotatable bonds is 3. The van der Waals surface area contributed by atoms with Crippen molar-refractivity contribution in [1.29, 1.82) is 0 Å². The minimum Gasteiger partial charge on any atom is -0.497 e. The molecule has 0 radical (unpaired) electrons. The standard InChI is InChI=1S/C14H18O2/c1-10(2)12-8-14(16-9-12)11-4-6-13(15-3)7-5-11/h4-7,12,14H,1,8-9H2,2-3H3. The highest BCUT2D eigenvalue weighted by Crippen LogP contribution is 2.35. The third-order valence-electron chi connectivity index (χ3n) is 3.18. The van der Waals surface area contributed by atoms with E-state index in [1.807, 2.05) is 12.1 Å². The molecule has 1 saturated heterocycles. The molecular formula is C14H18O2. The fourth-order valence-electron chi connectivity index (χ4n) is 2.02.